The van der Waals surface area contributed by atoms with Gasteiger partial charge < -0.3 is 5.32 Å². The topological polar surface area (TPSA) is 78.5 Å². The summed E-state index contributed by atoms with van der Waals surface area (Å²) in [6.45, 7) is 6.60. The van der Waals surface area contributed by atoms with Crippen LogP contribution >= 0.6 is 11.6 Å². The fourth-order valence-corrected chi connectivity index (χ4v) is 5.32. The van der Waals surface area contributed by atoms with Gasteiger partial charge in [-0.2, -0.15) is 0 Å². The van der Waals surface area contributed by atoms with E-state index in [0.717, 1.165) is 12.8 Å². The van der Waals surface area contributed by atoms with Crippen LogP contribution in [0.1, 0.15) is 45.6 Å². The molecule has 3 amide bonds. The summed E-state index contributed by atoms with van der Waals surface area (Å²) in [7, 11) is 0. The highest BCUT2D eigenvalue weighted by atomic mass is 35.5. The van der Waals surface area contributed by atoms with Crippen molar-refractivity contribution in [3.05, 3.63) is 28.8 Å². The molecule has 0 radical (unpaired) electrons. The van der Waals surface area contributed by atoms with E-state index in [9.17, 15) is 14.4 Å². The molecular formula is C21H26ClN3O3. The van der Waals surface area contributed by atoms with Crippen molar-refractivity contribution in [2.75, 3.05) is 11.9 Å². The standard InChI is InChI=1S/C21H26ClN3O3/c1-4-5-9-25-18(26)15-14(10-11(2)3)24-21(16(15)19(25)27)12-7-6-8-13(22)17(12)23-20(21)28/h6-8,11,14-16,24H,4-5,9-10H2,1-3H3,(H,23,28)/t14-,15+,16+,21+/m0/s1. The Morgan fingerprint density at radius 1 is 1.21 bits per heavy atom. The number of carbonyl (C=O) groups excluding carboxylic acids is 3. The second kappa shape index (κ2) is 6.85. The van der Waals surface area contributed by atoms with Crippen molar-refractivity contribution >= 4 is 35.0 Å². The van der Waals surface area contributed by atoms with Gasteiger partial charge in [0.2, 0.25) is 17.7 Å². The summed E-state index contributed by atoms with van der Waals surface area (Å²) in [6, 6.07) is 5.09. The van der Waals surface area contributed by atoms with Crippen LogP contribution in [-0.4, -0.2) is 35.2 Å². The van der Waals surface area contributed by atoms with Crippen LogP contribution in [0.25, 0.3) is 0 Å². The zero-order valence-electron chi connectivity index (χ0n) is 16.4. The van der Waals surface area contributed by atoms with E-state index in [1.165, 1.54) is 4.90 Å². The van der Waals surface area contributed by atoms with Gasteiger partial charge in [0.15, 0.2) is 0 Å². The third kappa shape index (κ3) is 2.54. The van der Waals surface area contributed by atoms with E-state index in [1.807, 2.05) is 13.0 Å². The van der Waals surface area contributed by atoms with Crippen LogP contribution < -0.4 is 10.6 Å². The number of hydrogen-bond donors (Lipinski definition) is 2. The van der Waals surface area contributed by atoms with Crippen LogP contribution in [-0.2, 0) is 19.9 Å². The first-order valence-corrected chi connectivity index (χ1v) is 10.4. The molecule has 6 nitrogen and oxygen atoms in total. The molecule has 3 aliphatic rings. The molecule has 0 saturated carbocycles. The number of benzene rings is 1. The zero-order chi connectivity index (χ0) is 20.2. The number of carbonyl (C=O) groups is 3. The Morgan fingerprint density at radius 2 is 1.96 bits per heavy atom. The number of likely N-dealkylation sites (tertiary alicyclic amines) is 1. The maximum Gasteiger partial charge on any atom is 0.250 e. The van der Waals surface area contributed by atoms with Crippen molar-refractivity contribution in [1.82, 2.24) is 10.2 Å². The molecule has 150 valence electrons. The van der Waals surface area contributed by atoms with E-state index in [-0.39, 0.29) is 23.8 Å². The zero-order valence-corrected chi connectivity index (χ0v) is 17.2. The van der Waals surface area contributed by atoms with Gasteiger partial charge in [0.05, 0.1) is 22.5 Å². The second-order valence-corrected chi connectivity index (χ2v) is 8.90. The summed E-state index contributed by atoms with van der Waals surface area (Å²) >= 11 is 6.32. The van der Waals surface area contributed by atoms with Crippen molar-refractivity contribution in [1.29, 1.82) is 0 Å². The van der Waals surface area contributed by atoms with Crippen LogP contribution in [0.3, 0.4) is 0 Å². The van der Waals surface area contributed by atoms with Crippen molar-refractivity contribution < 1.29 is 14.4 Å². The lowest BCUT2D eigenvalue weighted by molar-refractivity contribution is -0.142. The Labute approximate surface area is 170 Å². The normalized spacial score (nSPS) is 31.1. The second-order valence-electron chi connectivity index (χ2n) is 8.49. The quantitative estimate of drug-likeness (QED) is 0.741. The van der Waals surface area contributed by atoms with Crippen LogP contribution in [0.15, 0.2) is 18.2 Å². The summed E-state index contributed by atoms with van der Waals surface area (Å²) in [5.74, 6) is -1.63. The van der Waals surface area contributed by atoms with Crippen molar-refractivity contribution in [2.45, 2.75) is 51.6 Å². The van der Waals surface area contributed by atoms with Crippen LogP contribution in [0, 0.1) is 17.8 Å². The number of nitrogens with zero attached hydrogens (tertiary/aromatic N) is 1. The highest BCUT2D eigenvalue weighted by molar-refractivity contribution is 6.35. The molecule has 3 heterocycles. The number of imide groups is 1. The van der Waals surface area contributed by atoms with Gasteiger partial charge in [-0.25, -0.2) is 0 Å². The van der Waals surface area contributed by atoms with E-state index in [2.05, 4.69) is 24.5 Å². The maximum atomic E-state index is 13.4. The number of anilines is 1. The Morgan fingerprint density at radius 3 is 2.64 bits per heavy atom. The van der Waals surface area contributed by atoms with Gasteiger partial charge in [-0.3, -0.25) is 24.6 Å². The minimum Gasteiger partial charge on any atom is -0.323 e. The highest BCUT2D eigenvalue weighted by Crippen LogP contribution is 2.54. The minimum atomic E-state index is -1.24. The van der Waals surface area contributed by atoms with Crippen LogP contribution in [0.5, 0.6) is 0 Å². The number of para-hydroxylation sites is 1. The molecule has 7 heteroatoms. The van der Waals surface area contributed by atoms with E-state index < -0.39 is 17.4 Å². The molecule has 2 saturated heterocycles. The predicted molar refractivity (Wildman–Crippen MR) is 107 cm³/mol. The SMILES string of the molecule is CCCCN1C(=O)[C@@H]2[C@H](CC(C)C)N[C@@]3(C(=O)Nc4c(Cl)cccc43)[C@H]2C1=O. The molecule has 2 fully saturated rings. The summed E-state index contributed by atoms with van der Waals surface area (Å²) < 4.78 is 0. The third-order valence-corrected chi connectivity index (χ3v) is 6.57. The first-order chi connectivity index (χ1) is 13.3. The predicted octanol–water partition coefficient (Wildman–Crippen LogP) is 2.91. The van der Waals surface area contributed by atoms with Crippen LogP contribution in [0.4, 0.5) is 5.69 Å². The number of fused-ring (bicyclic) bond motifs is 4. The summed E-state index contributed by atoms with van der Waals surface area (Å²) in [5.41, 5.74) is -0.0272. The van der Waals surface area contributed by atoms with Gasteiger partial charge in [-0.15, -0.1) is 0 Å². The number of amides is 3. The Kier molecular flexibility index (Phi) is 4.74. The molecule has 1 spiro atoms. The number of rotatable bonds is 5. The summed E-state index contributed by atoms with van der Waals surface area (Å²) in [4.78, 5) is 41.2. The molecule has 3 aliphatic heterocycles. The maximum absolute atomic E-state index is 13.4. The lowest BCUT2D eigenvalue weighted by atomic mass is 9.76. The Hall–Kier alpha value is -1.92. The summed E-state index contributed by atoms with van der Waals surface area (Å²) in [5, 5.41) is 6.73. The average molecular weight is 404 g/mol. The largest absolute Gasteiger partial charge is 0.323 e. The molecule has 4 rings (SSSR count). The average Bonchev–Trinajstić information content (AvgIpc) is 3.20. The van der Waals surface area contributed by atoms with Crippen molar-refractivity contribution in [3.8, 4) is 0 Å². The summed E-state index contributed by atoms with van der Waals surface area (Å²) in [6.07, 6.45) is 2.37. The van der Waals surface area contributed by atoms with Gasteiger partial charge in [0, 0.05) is 18.2 Å². The minimum absolute atomic E-state index is 0.151. The molecule has 2 N–H and O–H groups in total. The molecule has 0 aromatic heterocycles. The smallest absolute Gasteiger partial charge is 0.250 e. The number of nitrogens with one attached hydrogen (secondary N) is 2. The molecule has 28 heavy (non-hydrogen) atoms. The van der Waals surface area contributed by atoms with Gasteiger partial charge in [-0.05, 0) is 24.8 Å². The van der Waals surface area contributed by atoms with Gasteiger partial charge >= 0.3 is 0 Å². The fraction of sp³-hybridized carbons (Fsp3) is 0.571. The Bertz CT molecular complexity index is 855. The Balaban J connectivity index is 1.84. The first-order valence-electron chi connectivity index (χ1n) is 10.1. The first kappa shape index (κ1) is 19.4. The van der Waals surface area contributed by atoms with Gasteiger partial charge in [-0.1, -0.05) is 50.9 Å². The van der Waals surface area contributed by atoms with Gasteiger partial charge in [0.25, 0.3) is 0 Å². The molecule has 0 bridgehead atoms. The van der Waals surface area contributed by atoms with E-state index in [1.54, 1.807) is 12.1 Å². The van der Waals surface area contributed by atoms with Crippen molar-refractivity contribution in [3.63, 3.8) is 0 Å². The molecule has 4 atom stereocenters. The highest BCUT2D eigenvalue weighted by Gasteiger charge is 2.70. The van der Waals surface area contributed by atoms with Crippen molar-refractivity contribution in [2.24, 2.45) is 17.8 Å². The molecular weight excluding hydrogens is 378 g/mol. The molecule has 1 aromatic rings. The molecule has 0 unspecified atom stereocenters. The monoisotopic (exact) mass is 403 g/mol. The van der Waals surface area contributed by atoms with Crippen LogP contribution in [0.2, 0.25) is 5.02 Å². The third-order valence-electron chi connectivity index (χ3n) is 6.25. The molecule has 1 aromatic carbocycles. The van der Waals surface area contributed by atoms with Gasteiger partial charge in [0.1, 0.15) is 5.54 Å². The van der Waals surface area contributed by atoms with E-state index >= 15 is 0 Å². The van der Waals surface area contributed by atoms with E-state index in [4.69, 9.17) is 11.6 Å². The number of unbranched alkanes of at least 4 members (excludes halogenated alkanes) is 1. The lowest BCUT2D eigenvalue weighted by Gasteiger charge is -2.29. The fourth-order valence-electron chi connectivity index (χ4n) is 5.10. The number of halogens is 1. The molecule has 0 aliphatic carbocycles. The number of hydrogen-bond acceptors (Lipinski definition) is 4. The lowest BCUT2D eigenvalue weighted by Crippen LogP contribution is -2.53. The van der Waals surface area contributed by atoms with E-state index in [0.29, 0.717) is 35.2 Å².